The monoisotopic (exact) mass is 657 g/mol. The highest BCUT2D eigenvalue weighted by molar-refractivity contribution is 7.25. The molecule has 0 N–H and O–H groups in total. The van der Waals surface area contributed by atoms with Gasteiger partial charge in [-0.05, 0) is 58.7 Å². The molecule has 0 spiro atoms. The van der Waals surface area contributed by atoms with Gasteiger partial charge in [0.25, 0.3) is 0 Å². The third-order valence-corrected chi connectivity index (χ3v) is 10.5. The Balaban J connectivity index is 1.12. The molecule has 4 nitrogen and oxygen atoms in total. The summed E-state index contributed by atoms with van der Waals surface area (Å²) in [6, 6.07) is 56.9. The number of rotatable bonds is 5. The minimum Gasteiger partial charge on any atom is -0.456 e. The summed E-state index contributed by atoms with van der Waals surface area (Å²) in [6.45, 7) is 0. The van der Waals surface area contributed by atoms with Gasteiger partial charge in [-0.2, -0.15) is 0 Å². The van der Waals surface area contributed by atoms with Crippen LogP contribution in [-0.4, -0.2) is 15.0 Å². The van der Waals surface area contributed by atoms with Crippen molar-refractivity contribution in [2.45, 2.75) is 0 Å². The van der Waals surface area contributed by atoms with Crippen LogP contribution in [-0.2, 0) is 0 Å². The van der Waals surface area contributed by atoms with Crippen molar-refractivity contribution in [3.8, 4) is 56.4 Å². The molecule has 0 fully saturated rings. The molecule has 7 aromatic carbocycles. The van der Waals surface area contributed by atoms with Crippen LogP contribution in [0.5, 0.6) is 0 Å². The molecule has 0 radical (unpaired) electrons. The number of fused-ring (bicyclic) bond motifs is 6. The van der Waals surface area contributed by atoms with Gasteiger partial charge in [0, 0.05) is 47.6 Å². The quantitative estimate of drug-likeness (QED) is 0.185. The molecular formula is C45H27N3OS. The molecule has 0 aliphatic heterocycles. The molecule has 5 heteroatoms. The summed E-state index contributed by atoms with van der Waals surface area (Å²) in [5, 5.41) is 4.65. The van der Waals surface area contributed by atoms with E-state index < -0.39 is 0 Å². The SMILES string of the molecule is c1ccc(-c2nc(-c3cccc(-c4cccc(-c5cccc6sc7ccccc7c56)c4)c3)nc(-c3cccc4oc5ccccc5c34)n2)cc1. The molecule has 3 heterocycles. The molecule has 0 saturated heterocycles. The highest BCUT2D eigenvalue weighted by Gasteiger charge is 2.18. The van der Waals surface area contributed by atoms with Gasteiger partial charge in [-0.1, -0.05) is 127 Å². The molecule has 0 saturated carbocycles. The summed E-state index contributed by atoms with van der Waals surface area (Å²) in [4.78, 5) is 15.2. The Labute approximate surface area is 292 Å². The predicted molar refractivity (Wildman–Crippen MR) is 207 cm³/mol. The van der Waals surface area contributed by atoms with Gasteiger partial charge in [0.2, 0.25) is 0 Å². The molecule has 50 heavy (non-hydrogen) atoms. The lowest BCUT2D eigenvalue weighted by atomic mass is 9.95. The second-order valence-corrected chi connectivity index (χ2v) is 13.5. The first-order chi connectivity index (χ1) is 24.8. The lowest BCUT2D eigenvalue weighted by Gasteiger charge is -2.11. The third-order valence-electron chi connectivity index (χ3n) is 9.34. The fraction of sp³-hybridized carbons (Fsp3) is 0. The Morgan fingerprint density at radius 2 is 0.920 bits per heavy atom. The maximum Gasteiger partial charge on any atom is 0.164 e. The van der Waals surface area contributed by atoms with E-state index in [4.69, 9.17) is 19.4 Å². The number of benzene rings is 7. The third kappa shape index (κ3) is 4.79. The van der Waals surface area contributed by atoms with Crippen LogP contribution in [0, 0.1) is 0 Å². The number of para-hydroxylation sites is 1. The summed E-state index contributed by atoms with van der Waals surface area (Å²) in [5.74, 6) is 1.85. The van der Waals surface area contributed by atoms with Crippen molar-refractivity contribution in [2.75, 3.05) is 0 Å². The summed E-state index contributed by atoms with van der Waals surface area (Å²) in [5.41, 5.74) is 9.07. The number of hydrogen-bond acceptors (Lipinski definition) is 5. The summed E-state index contributed by atoms with van der Waals surface area (Å²) >= 11 is 1.85. The van der Waals surface area contributed by atoms with Crippen LogP contribution in [0.2, 0.25) is 0 Å². The average Bonchev–Trinajstić information content (AvgIpc) is 3.77. The van der Waals surface area contributed by atoms with E-state index in [1.807, 2.05) is 72.0 Å². The van der Waals surface area contributed by atoms with Crippen molar-refractivity contribution in [3.05, 3.63) is 164 Å². The van der Waals surface area contributed by atoms with E-state index in [0.717, 1.165) is 49.8 Å². The second kappa shape index (κ2) is 11.6. The van der Waals surface area contributed by atoms with Crippen LogP contribution in [0.15, 0.2) is 168 Å². The summed E-state index contributed by atoms with van der Waals surface area (Å²) < 4.78 is 8.83. The molecule has 10 aromatic rings. The highest BCUT2D eigenvalue weighted by atomic mass is 32.1. The van der Waals surface area contributed by atoms with Gasteiger partial charge in [-0.3, -0.25) is 0 Å². The van der Waals surface area contributed by atoms with Crippen LogP contribution in [0.1, 0.15) is 0 Å². The molecule has 10 rings (SSSR count). The molecular weight excluding hydrogens is 631 g/mol. The fourth-order valence-electron chi connectivity index (χ4n) is 7.02. The van der Waals surface area contributed by atoms with Crippen molar-refractivity contribution in [2.24, 2.45) is 0 Å². The topological polar surface area (TPSA) is 51.8 Å². The van der Waals surface area contributed by atoms with Crippen LogP contribution in [0.3, 0.4) is 0 Å². The van der Waals surface area contributed by atoms with E-state index in [1.165, 1.54) is 31.3 Å². The van der Waals surface area contributed by atoms with E-state index in [9.17, 15) is 0 Å². The number of thiophene rings is 1. The smallest absolute Gasteiger partial charge is 0.164 e. The van der Waals surface area contributed by atoms with E-state index in [0.29, 0.717) is 17.5 Å². The van der Waals surface area contributed by atoms with Gasteiger partial charge in [0.1, 0.15) is 11.2 Å². The molecule has 0 aliphatic rings. The maximum absolute atomic E-state index is 6.22. The Morgan fingerprint density at radius 1 is 0.360 bits per heavy atom. The van der Waals surface area contributed by atoms with Gasteiger partial charge >= 0.3 is 0 Å². The number of nitrogens with zero attached hydrogens (tertiary/aromatic N) is 3. The van der Waals surface area contributed by atoms with Gasteiger partial charge in [-0.15, -0.1) is 11.3 Å². The molecule has 0 bridgehead atoms. The standard InChI is InChI=1S/C45H27N3OS/c1-2-12-28(13-3-1)43-46-44(48-45(47-43)36-21-10-23-38-41(36)34-18-4-6-22-37(34)49-38)32-17-9-15-30(27-32)29-14-8-16-31(26-29)33-20-11-25-40-42(33)35-19-5-7-24-39(35)50-40/h1-27H. The van der Waals surface area contributed by atoms with Crippen LogP contribution in [0.25, 0.3) is 98.5 Å². The van der Waals surface area contributed by atoms with Gasteiger partial charge < -0.3 is 4.42 Å². The molecule has 3 aromatic heterocycles. The highest BCUT2D eigenvalue weighted by Crippen LogP contribution is 2.41. The first-order valence-corrected chi connectivity index (χ1v) is 17.4. The van der Waals surface area contributed by atoms with Crippen molar-refractivity contribution < 1.29 is 4.42 Å². The molecule has 0 amide bonds. The van der Waals surface area contributed by atoms with Crippen molar-refractivity contribution in [1.29, 1.82) is 0 Å². The van der Waals surface area contributed by atoms with Gasteiger partial charge in [-0.25, -0.2) is 15.0 Å². The zero-order valence-electron chi connectivity index (χ0n) is 26.7. The Hall–Kier alpha value is -6.43. The van der Waals surface area contributed by atoms with Gasteiger partial charge in [0.15, 0.2) is 17.5 Å². The van der Waals surface area contributed by atoms with Crippen LogP contribution >= 0.6 is 11.3 Å². The fourth-order valence-corrected chi connectivity index (χ4v) is 8.15. The van der Waals surface area contributed by atoms with Crippen molar-refractivity contribution in [1.82, 2.24) is 15.0 Å². The Kier molecular flexibility index (Phi) is 6.64. The van der Waals surface area contributed by atoms with E-state index in [2.05, 4.69) is 103 Å². The first-order valence-electron chi connectivity index (χ1n) is 16.6. The van der Waals surface area contributed by atoms with Gasteiger partial charge in [0.05, 0.1) is 0 Å². The lowest BCUT2D eigenvalue weighted by molar-refractivity contribution is 0.669. The number of hydrogen-bond donors (Lipinski definition) is 0. The zero-order chi connectivity index (χ0) is 33.0. The van der Waals surface area contributed by atoms with Crippen LogP contribution in [0.4, 0.5) is 0 Å². The van der Waals surface area contributed by atoms with E-state index in [1.54, 1.807) is 0 Å². The molecule has 234 valence electrons. The van der Waals surface area contributed by atoms with Crippen molar-refractivity contribution in [3.63, 3.8) is 0 Å². The summed E-state index contributed by atoms with van der Waals surface area (Å²) in [6.07, 6.45) is 0. The lowest BCUT2D eigenvalue weighted by Crippen LogP contribution is -2.00. The maximum atomic E-state index is 6.22. The predicted octanol–water partition coefficient (Wildman–Crippen LogP) is 12.5. The van der Waals surface area contributed by atoms with Crippen LogP contribution < -0.4 is 0 Å². The Bertz CT molecular complexity index is 2890. The van der Waals surface area contributed by atoms with Crippen molar-refractivity contribution >= 4 is 53.4 Å². The molecule has 0 unspecified atom stereocenters. The largest absolute Gasteiger partial charge is 0.456 e. The molecule has 0 atom stereocenters. The Morgan fingerprint density at radius 3 is 1.78 bits per heavy atom. The minimum atomic E-state index is 0.606. The van der Waals surface area contributed by atoms with E-state index >= 15 is 0 Å². The molecule has 0 aliphatic carbocycles. The average molecular weight is 658 g/mol. The van der Waals surface area contributed by atoms with E-state index in [-0.39, 0.29) is 0 Å². The number of aromatic nitrogens is 3. The summed E-state index contributed by atoms with van der Waals surface area (Å²) in [7, 11) is 0. The minimum absolute atomic E-state index is 0.606. The first kappa shape index (κ1) is 28.6. The zero-order valence-corrected chi connectivity index (χ0v) is 27.6. The second-order valence-electron chi connectivity index (χ2n) is 12.4. The number of furan rings is 1. The normalized spacial score (nSPS) is 11.6.